The maximum atomic E-state index is 12.8. The lowest BCUT2D eigenvalue weighted by Gasteiger charge is -2.42. The highest BCUT2D eigenvalue weighted by Gasteiger charge is 2.37. The molecule has 1 aromatic rings. The second kappa shape index (κ2) is 4.63. The van der Waals surface area contributed by atoms with Crippen molar-refractivity contribution in [1.82, 2.24) is 9.47 Å². The van der Waals surface area contributed by atoms with E-state index in [2.05, 4.69) is 34.3 Å². The van der Waals surface area contributed by atoms with Crippen molar-refractivity contribution in [3.63, 3.8) is 0 Å². The highest BCUT2D eigenvalue weighted by Crippen LogP contribution is 2.38. The number of amides is 1. The van der Waals surface area contributed by atoms with Gasteiger partial charge in [0.1, 0.15) is 5.69 Å². The maximum absolute atomic E-state index is 12.8. The first-order valence-electron chi connectivity index (χ1n) is 6.76. The number of hydrogen-bond donors (Lipinski definition) is 0. The summed E-state index contributed by atoms with van der Waals surface area (Å²) in [6.07, 6.45) is 4.38. The van der Waals surface area contributed by atoms with Crippen molar-refractivity contribution in [3.05, 3.63) is 22.4 Å². The van der Waals surface area contributed by atoms with Crippen LogP contribution in [0.15, 0.2) is 16.7 Å². The van der Waals surface area contributed by atoms with Crippen LogP contribution in [0.5, 0.6) is 0 Å². The van der Waals surface area contributed by atoms with Gasteiger partial charge >= 0.3 is 0 Å². The van der Waals surface area contributed by atoms with E-state index in [0.717, 1.165) is 10.2 Å². The number of halogens is 1. The van der Waals surface area contributed by atoms with Gasteiger partial charge in [0.25, 0.3) is 5.91 Å². The number of aromatic nitrogens is 1. The average Bonchev–Trinajstić information content (AvgIpc) is 3.11. The number of carbonyl (C=O) groups excluding carboxylic acids is 1. The van der Waals surface area contributed by atoms with Crippen molar-refractivity contribution in [2.24, 2.45) is 0 Å². The van der Waals surface area contributed by atoms with Crippen molar-refractivity contribution in [1.29, 1.82) is 0 Å². The van der Waals surface area contributed by atoms with E-state index >= 15 is 0 Å². The number of ether oxygens (including phenoxy) is 1. The Bertz CT molecular complexity index is 506. The Labute approximate surface area is 121 Å². The van der Waals surface area contributed by atoms with Gasteiger partial charge in [-0.05, 0) is 48.7 Å². The summed E-state index contributed by atoms with van der Waals surface area (Å²) >= 11 is 3.48. The molecule has 0 unspecified atom stereocenters. The lowest BCUT2D eigenvalue weighted by molar-refractivity contribution is -0.0375. The Morgan fingerprint density at radius 2 is 2.21 bits per heavy atom. The van der Waals surface area contributed by atoms with Gasteiger partial charge in [0.2, 0.25) is 0 Å². The first-order valence-corrected chi connectivity index (χ1v) is 7.55. The van der Waals surface area contributed by atoms with Gasteiger partial charge in [-0.3, -0.25) is 4.79 Å². The van der Waals surface area contributed by atoms with Crippen LogP contribution in [0.1, 0.15) is 43.2 Å². The molecule has 0 atom stereocenters. The van der Waals surface area contributed by atoms with Crippen LogP contribution in [0.3, 0.4) is 0 Å². The molecule has 0 radical (unpaired) electrons. The molecule has 104 valence electrons. The minimum atomic E-state index is -0.236. The molecule has 3 rings (SSSR count). The van der Waals surface area contributed by atoms with Gasteiger partial charge < -0.3 is 14.2 Å². The molecule has 1 saturated carbocycles. The summed E-state index contributed by atoms with van der Waals surface area (Å²) in [5.74, 6) is 0.117. The normalized spacial score (nSPS) is 22.6. The molecule has 4 nitrogen and oxygen atoms in total. The third-order valence-electron chi connectivity index (χ3n) is 3.86. The van der Waals surface area contributed by atoms with Crippen LogP contribution in [0.4, 0.5) is 0 Å². The first kappa shape index (κ1) is 13.2. The summed E-state index contributed by atoms with van der Waals surface area (Å²) in [5, 5.41) is 0. The molecule has 1 aliphatic carbocycles. The van der Waals surface area contributed by atoms with Crippen molar-refractivity contribution in [2.75, 3.05) is 19.8 Å². The summed E-state index contributed by atoms with van der Waals surface area (Å²) in [4.78, 5) is 14.8. The van der Waals surface area contributed by atoms with Gasteiger partial charge in [-0.2, -0.15) is 0 Å². The fraction of sp³-hybridized carbons (Fsp3) is 0.643. The summed E-state index contributed by atoms with van der Waals surface area (Å²) in [7, 11) is 0. The molecule has 0 aromatic carbocycles. The first-order chi connectivity index (χ1) is 8.99. The molecule has 1 aromatic heterocycles. The zero-order chi connectivity index (χ0) is 13.6. The molecule has 0 spiro atoms. The zero-order valence-electron chi connectivity index (χ0n) is 11.4. The summed E-state index contributed by atoms with van der Waals surface area (Å²) < 4.78 is 8.59. The Morgan fingerprint density at radius 3 is 2.84 bits per heavy atom. The van der Waals surface area contributed by atoms with Crippen molar-refractivity contribution >= 4 is 21.8 Å². The third-order valence-corrected chi connectivity index (χ3v) is 4.30. The van der Waals surface area contributed by atoms with Gasteiger partial charge in [0, 0.05) is 23.3 Å². The molecule has 0 N–H and O–H groups in total. The minimum Gasteiger partial charge on any atom is -0.377 e. The zero-order valence-corrected chi connectivity index (χ0v) is 12.9. The van der Waals surface area contributed by atoms with Crippen LogP contribution < -0.4 is 0 Å². The third kappa shape index (κ3) is 2.46. The van der Waals surface area contributed by atoms with Crippen LogP contribution >= 0.6 is 15.9 Å². The summed E-state index contributed by atoms with van der Waals surface area (Å²) in [5.41, 5.74) is 0.560. The van der Waals surface area contributed by atoms with E-state index in [1.54, 1.807) is 0 Å². The molecular weight excluding hydrogens is 308 g/mol. The molecule has 1 aliphatic heterocycles. The molecule has 2 heterocycles. The van der Waals surface area contributed by atoms with Crippen LogP contribution in [0.25, 0.3) is 0 Å². The summed E-state index contributed by atoms with van der Waals surface area (Å²) in [6.45, 7) is 6.01. The molecule has 2 fully saturated rings. The van der Waals surface area contributed by atoms with Gasteiger partial charge in [0.05, 0.1) is 18.8 Å². The van der Waals surface area contributed by atoms with Crippen LogP contribution in [-0.2, 0) is 4.74 Å². The Balaban J connectivity index is 1.90. The molecule has 2 aliphatic rings. The van der Waals surface area contributed by atoms with E-state index < -0.39 is 0 Å². The topological polar surface area (TPSA) is 34.5 Å². The van der Waals surface area contributed by atoms with Crippen molar-refractivity contribution < 1.29 is 9.53 Å². The number of carbonyl (C=O) groups is 1. The number of nitrogens with zero attached hydrogens (tertiary/aromatic N) is 2. The van der Waals surface area contributed by atoms with E-state index in [9.17, 15) is 4.79 Å². The monoisotopic (exact) mass is 326 g/mol. The van der Waals surface area contributed by atoms with E-state index in [1.165, 1.54) is 12.8 Å². The fourth-order valence-corrected chi connectivity index (χ4v) is 3.08. The van der Waals surface area contributed by atoms with E-state index in [4.69, 9.17) is 4.74 Å². The standard InChI is InChI=1S/C14H19BrN2O2/c1-14(2)9-19-6-5-17(14)13(18)12-7-10(15)8-16(12)11-3-4-11/h7-8,11H,3-6,9H2,1-2H3. The molecule has 0 bridgehead atoms. The number of morpholine rings is 1. The minimum absolute atomic E-state index is 0.117. The largest absolute Gasteiger partial charge is 0.377 e. The van der Waals surface area contributed by atoms with Gasteiger partial charge in [-0.1, -0.05) is 0 Å². The highest BCUT2D eigenvalue weighted by atomic mass is 79.9. The predicted molar refractivity (Wildman–Crippen MR) is 76.3 cm³/mol. The second-order valence-corrected chi connectivity index (χ2v) is 6.92. The highest BCUT2D eigenvalue weighted by molar-refractivity contribution is 9.10. The number of hydrogen-bond acceptors (Lipinski definition) is 2. The lowest BCUT2D eigenvalue weighted by atomic mass is 10.0. The lowest BCUT2D eigenvalue weighted by Crippen LogP contribution is -2.55. The molecule has 19 heavy (non-hydrogen) atoms. The summed E-state index contributed by atoms with van der Waals surface area (Å²) in [6, 6.07) is 2.45. The molecule has 1 saturated heterocycles. The van der Waals surface area contributed by atoms with Crippen molar-refractivity contribution in [3.8, 4) is 0 Å². The van der Waals surface area contributed by atoms with Gasteiger partial charge in [-0.15, -0.1) is 0 Å². The fourth-order valence-electron chi connectivity index (χ4n) is 2.64. The smallest absolute Gasteiger partial charge is 0.271 e. The van der Waals surface area contributed by atoms with Gasteiger partial charge in [0.15, 0.2) is 0 Å². The van der Waals surface area contributed by atoms with E-state index in [0.29, 0.717) is 25.8 Å². The van der Waals surface area contributed by atoms with E-state index in [-0.39, 0.29) is 11.4 Å². The Hall–Kier alpha value is -0.810. The predicted octanol–water partition coefficient (Wildman–Crippen LogP) is 2.84. The SMILES string of the molecule is CC1(C)COCCN1C(=O)c1cc(Br)cn1C1CC1. The molecular formula is C14H19BrN2O2. The van der Waals surface area contributed by atoms with E-state index in [1.807, 2.05) is 17.2 Å². The van der Waals surface area contributed by atoms with Gasteiger partial charge in [-0.25, -0.2) is 0 Å². The van der Waals surface area contributed by atoms with Crippen LogP contribution in [0, 0.1) is 0 Å². The van der Waals surface area contributed by atoms with Crippen molar-refractivity contribution in [2.45, 2.75) is 38.3 Å². The van der Waals surface area contributed by atoms with Crippen LogP contribution in [0.2, 0.25) is 0 Å². The molecule has 1 amide bonds. The molecule has 5 heteroatoms. The second-order valence-electron chi connectivity index (χ2n) is 6.00. The number of rotatable bonds is 2. The quantitative estimate of drug-likeness (QED) is 0.837. The van der Waals surface area contributed by atoms with Crippen LogP contribution in [-0.4, -0.2) is 40.7 Å². The maximum Gasteiger partial charge on any atom is 0.271 e. The Kier molecular flexibility index (Phi) is 3.21. The average molecular weight is 327 g/mol. The Morgan fingerprint density at radius 1 is 1.47 bits per heavy atom.